The van der Waals surface area contributed by atoms with Crippen LogP contribution in [0.1, 0.15) is 30.3 Å². The topological polar surface area (TPSA) is 47.8 Å². The summed E-state index contributed by atoms with van der Waals surface area (Å²) < 4.78 is 1.82. The molecule has 0 atom stereocenters. The van der Waals surface area contributed by atoms with Crippen molar-refractivity contribution < 1.29 is 4.79 Å². The maximum absolute atomic E-state index is 10.9. The molecule has 0 radical (unpaired) electrons. The highest BCUT2D eigenvalue weighted by molar-refractivity contribution is 7.13. The summed E-state index contributed by atoms with van der Waals surface area (Å²) in [5.41, 5.74) is 1.28. The van der Waals surface area contributed by atoms with Crippen molar-refractivity contribution in [3.63, 3.8) is 0 Å². The van der Waals surface area contributed by atoms with E-state index in [-0.39, 0.29) is 0 Å². The number of nitrogens with zero attached hydrogens (tertiary/aromatic N) is 3. The van der Waals surface area contributed by atoms with Gasteiger partial charge in [0.2, 0.25) is 0 Å². The van der Waals surface area contributed by atoms with Gasteiger partial charge in [-0.3, -0.25) is 4.79 Å². The molecule has 0 aliphatic carbocycles. The number of thiophene rings is 1. The molecule has 5 heteroatoms. The highest BCUT2D eigenvalue weighted by Gasteiger charge is 2.14. The zero-order chi connectivity index (χ0) is 11.4. The van der Waals surface area contributed by atoms with E-state index in [2.05, 4.69) is 17.2 Å². The number of hydrogen-bond acceptors (Lipinski definition) is 4. The fourth-order valence-corrected chi connectivity index (χ4v) is 2.32. The first-order valence-electron chi connectivity index (χ1n) is 5.29. The van der Waals surface area contributed by atoms with Crippen LogP contribution in [0.2, 0.25) is 0 Å². The summed E-state index contributed by atoms with van der Waals surface area (Å²) in [6, 6.07) is 3.95. The van der Waals surface area contributed by atoms with E-state index < -0.39 is 0 Å². The van der Waals surface area contributed by atoms with Crippen LogP contribution in [0.15, 0.2) is 17.5 Å². The van der Waals surface area contributed by atoms with Crippen molar-refractivity contribution in [2.24, 2.45) is 0 Å². The summed E-state index contributed by atoms with van der Waals surface area (Å²) in [6.45, 7) is 2.94. The van der Waals surface area contributed by atoms with Gasteiger partial charge in [-0.15, -0.1) is 16.4 Å². The maximum atomic E-state index is 10.9. The van der Waals surface area contributed by atoms with Gasteiger partial charge in [0.1, 0.15) is 5.69 Å². The third-order valence-corrected chi connectivity index (χ3v) is 3.23. The number of aldehydes is 1. The molecule has 4 nitrogen and oxygen atoms in total. The normalized spacial score (nSPS) is 10.6. The van der Waals surface area contributed by atoms with Crippen molar-refractivity contribution in [2.75, 3.05) is 0 Å². The van der Waals surface area contributed by atoms with Crippen LogP contribution in [0, 0.1) is 0 Å². The molecule has 2 aromatic heterocycles. The Bertz CT molecular complexity index is 462. The van der Waals surface area contributed by atoms with E-state index in [1.165, 1.54) is 0 Å². The summed E-state index contributed by atoms with van der Waals surface area (Å²) in [5.74, 6) is 0. The van der Waals surface area contributed by atoms with Gasteiger partial charge < -0.3 is 0 Å². The van der Waals surface area contributed by atoms with E-state index in [1.54, 1.807) is 11.3 Å². The van der Waals surface area contributed by atoms with E-state index in [4.69, 9.17) is 0 Å². The van der Waals surface area contributed by atoms with Crippen LogP contribution in [0.25, 0.3) is 10.6 Å². The molecule has 0 aliphatic heterocycles. The van der Waals surface area contributed by atoms with E-state index in [0.717, 1.165) is 36.2 Å². The molecule has 2 aromatic rings. The molecule has 0 N–H and O–H groups in total. The Morgan fingerprint density at radius 2 is 2.44 bits per heavy atom. The largest absolute Gasteiger partial charge is 0.296 e. The van der Waals surface area contributed by atoms with Crippen molar-refractivity contribution >= 4 is 17.6 Å². The SMILES string of the molecule is CCCCn1nnc(C=O)c1-c1cccs1. The molecular formula is C11H13N3OS. The molecule has 2 rings (SSSR count). The van der Waals surface area contributed by atoms with Crippen molar-refractivity contribution in [3.8, 4) is 10.6 Å². The lowest BCUT2D eigenvalue weighted by atomic mass is 10.2. The highest BCUT2D eigenvalue weighted by atomic mass is 32.1. The monoisotopic (exact) mass is 235 g/mol. The molecule has 0 saturated carbocycles. The van der Waals surface area contributed by atoms with Crippen LogP contribution in [0.3, 0.4) is 0 Å². The van der Waals surface area contributed by atoms with Crippen molar-refractivity contribution in [2.45, 2.75) is 26.3 Å². The first kappa shape index (κ1) is 11.0. The van der Waals surface area contributed by atoms with Gasteiger partial charge in [0.25, 0.3) is 0 Å². The van der Waals surface area contributed by atoms with Crippen molar-refractivity contribution in [1.82, 2.24) is 15.0 Å². The fraction of sp³-hybridized carbons (Fsp3) is 0.364. The summed E-state index contributed by atoms with van der Waals surface area (Å²) in [5, 5.41) is 9.90. The van der Waals surface area contributed by atoms with Gasteiger partial charge in [0, 0.05) is 6.54 Å². The van der Waals surface area contributed by atoms with Gasteiger partial charge in [-0.1, -0.05) is 24.6 Å². The Balaban J connectivity index is 2.39. The Morgan fingerprint density at radius 3 is 3.06 bits per heavy atom. The number of hydrogen-bond donors (Lipinski definition) is 0. The standard InChI is InChI=1S/C11H13N3OS/c1-2-3-6-14-11(9(8-15)12-13-14)10-5-4-7-16-10/h4-5,7-8H,2-3,6H2,1H3. The molecule has 0 amide bonds. The Kier molecular flexibility index (Phi) is 3.46. The second kappa shape index (κ2) is 5.03. The van der Waals surface area contributed by atoms with Gasteiger partial charge in [-0.2, -0.15) is 0 Å². The predicted octanol–water partition coefficient (Wildman–Crippen LogP) is 2.62. The maximum Gasteiger partial charge on any atom is 0.172 e. The highest BCUT2D eigenvalue weighted by Crippen LogP contribution is 2.26. The van der Waals surface area contributed by atoms with E-state index in [9.17, 15) is 4.79 Å². The number of carbonyl (C=O) groups excluding carboxylic acids is 1. The Labute approximate surface area is 97.9 Å². The smallest absolute Gasteiger partial charge is 0.172 e. The summed E-state index contributed by atoms with van der Waals surface area (Å²) in [6.07, 6.45) is 2.91. The van der Waals surface area contributed by atoms with Crippen LogP contribution in [-0.2, 0) is 6.54 Å². The van der Waals surface area contributed by atoms with Crippen LogP contribution in [0.5, 0.6) is 0 Å². The van der Waals surface area contributed by atoms with Crippen LogP contribution in [0.4, 0.5) is 0 Å². The van der Waals surface area contributed by atoms with Crippen LogP contribution < -0.4 is 0 Å². The quantitative estimate of drug-likeness (QED) is 0.748. The molecule has 0 saturated heterocycles. The fourth-order valence-electron chi connectivity index (χ4n) is 1.54. The molecular weight excluding hydrogens is 222 g/mol. The van der Waals surface area contributed by atoms with Gasteiger partial charge in [-0.05, 0) is 17.9 Å². The van der Waals surface area contributed by atoms with Gasteiger partial charge in [-0.25, -0.2) is 4.68 Å². The second-order valence-electron chi connectivity index (χ2n) is 3.50. The van der Waals surface area contributed by atoms with Crippen molar-refractivity contribution in [3.05, 3.63) is 23.2 Å². The van der Waals surface area contributed by atoms with Gasteiger partial charge in [0.15, 0.2) is 12.0 Å². The lowest BCUT2D eigenvalue weighted by Gasteiger charge is -2.03. The minimum atomic E-state index is 0.429. The lowest BCUT2D eigenvalue weighted by Crippen LogP contribution is -2.02. The number of carbonyl (C=O) groups is 1. The molecule has 0 fully saturated rings. The number of aryl methyl sites for hydroxylation is 1. The third-order valence-electron chi connectivity index (χ3n) is 2.35. The minimum Gasteiger partial charge on any atom is -0.296 e. The van der Waals surface area contributed by atoms with Crippen molar-refractivity contribution in [1.29, 1.82) is 0 Å². The Hall–Kier alpha value is -1.49. The van der Waals surface area contributed by atoms with E-state index in [0.29, 0.717) is 5.69 Å². The first-order chi connectivity index (χ1) is 7.86. The lowest BCUT2D eigenvalue weighted by molar-refractivity contribution is 0.111. The number of rotatable bonds is 5. The van der Waals surface area contributed by atoms with Gasteiger partial charge >= 0.3 is 0 Å². The molecule has 16 heavy (non-hydrogen) atoms. The molecule has 0 bridgehead atoms. The molecule has 0 aliphatic rings. The average Bonchev–Trinajstić information content (AvgIpc) is 2.94. The number of aromatic nitrogens is 3. The molecule has 0 unspecified atom stereocenters. The molecule has 84 valence electrons. The second-order valence-corrected chi connectivity index (χ2v) is 4.44. The minimum absolute atomic E-state index is 0.429. The van der Waals surface area contributed by atoms with Crippen LogP contribution in [-0.4, -0.2) is 21.3 Å². The third kappa shape index (κ3) is 2.04. The first-order valence-corrected chi connectivity index (χ1v) is 6.17. The predicted molar refractivity (Wildman–Crippen MR) is 63.6 cm³/mol. The zero-order valence-electron chi connectivity index (χ0n) is 9.09. The molecule has 2 heterocycles. The molecule has 0 aromatic carbocycles. The van der Waals surface area contributed by atoms with E-state index in [1.807, 2.05) is 22.2 Å². The van der Waals surface area contributed by atoms with Crippen LogP contribution >= 0.6 is 11.3 Å². The average molecular weight is 235 g/mol. The Morgan fingerprint density at radius 1 is 1.56 bits per heavy atom. The van der Waals surface area contributed by atoms with E-state index >= 15 is 0 Å². The summed E-state index contributed by atoms with van der Waals surface area (Å²) in [4.78, 5) is 11.9. The summed E-state index contributed by atoms with van der Waals surface area (Å²) in [7, 11) is 0. The van der Waals surface area contributed by atoms with Gasteiger partial charge in [0.05, 0.1) is 4.88 Å². The number of unbranched alkanes of at least 4 members (excludes halogenated alkanes) is 1. The zero-order valence-corrected chi connectivity index (χ0v) is 9.91. The molecule has 0 spiro atoms. The summed E-state index contributed by atoms with van der Waals surface area (Å²) >= 11 is 1.60.